The molecule has 0 unspecified atom stereocenters. The summed E-state index contributed by atoms with van der Waals surface area (Å²) in [6.07, 6.45) is -8.97. The molecule has 0 amide bonds. The van der Waals surface area contributed by atoms with Crippen LogP contribution in [0.3, 0.4) is 0 Å². The summed E-state index contributed by atoms with van der Waals surface area (Å²) >= 11 is 0. The third kappa shape index (κ3) is 3.94. The number of sulfonamides is 1. The molecule has 126 valence electrons. The van der Waals surface area contributed by atoms with E-state index in [9.17, 15) is 34.8 Å². The molecule has 0 saturated carbocycles. The van der Waals surface area contributed by atoms with Crippen LogP contribution in [0.1, 0.15) is 5.56 Å². The van der Waals surface area contributed by atoms with Crippen LogP contribution in [0.25, 0.3) is 0 Å². The quantitative estimate of drug-likeness (QED) is 0.857. The normalized spacial score (nSPS) is 13.1. The van der Waals surface area contributed by atoms with Gasteiger partial charge in [-0.3, -0.25) is 4.72 Å². The van der Waals surface area contributed by atoms with Gasteiger partial charge < -0.3 is 0 Å². The molecule has 1 heterocycles. The first-order valence-electron chi connectivity index (χ1n) is 5.71. The van der Waals surface area contributed by atoms with Crippen molar-refractivity contribution in [3.8, 4) is 0 Å². The number of anilines is 1. The summed E-state index contributed by atoms with van der Waals surface area (Å²) in [4.78, 5) is -0.841. The van der Waals surface area contributed by atoms with Gasteiger partial charge >= 0.3 is 12.5 Å². The van der Waals surface area contributed by atoms with Crippen molar-refractivity contribution in [2.24, 2.45) is 0 Å². The van der Waals surface area contributed by atoms with Crippen molar-refractivity contribution in [3.63, 3.8) is 0 Å². The van der Waals surface area contributed by atoms with E-state index in [1.54, 1.807) is 4.72 Å². The number of aromatic nitrogens is 2. The van der Waals surface area contributed by atoms with Crippen molar-refractivity contribution in [3.05, 3.63) is 42.2 Å². The summed E-state index contributed by atoms with van der Waals surface area (Å²) < 4.78 is 99.7. The highest BCUT2D eigenvalue weighted by Crippen LogP contribution is 2.31. The first-order valence-corrected chi connectivity index (χ1v) is 7.20. The Bertz CT molecular complexity index is 810. The second-order valence-corrected chi connectivity index (χ2v) is 5.95. The third-order valence-electron chi connectivity index (χ3n) is 2.57. The van der Waals surface area contributed by atoms with Crippen molar-refractivity contribution in [2.75, 3.05) is 4.72 Å². The van der Waals surface area contributed by atoms with Crippen molar-refractivity contribution in [1.29, 1.82) is 0 Å². The minimum atomic E-state index is -4.91. The topological polar surface area (TPSA) is 64.0 Å². The van der Waals surface area contributed by atoms with Crippen LogP contribution in [-0.4, -0.2) is 18.2 Å². The highest BCUT2D eigenvalue weighted by Gasteiger charge is 2.33. The van der Waals surface area contributed by atoms with Crippen molar-refractivity contribution in [1.82, 2.24) is 9.78 Å². The predicted octanol–water partition coefficient (Wildman–Crippen LogP) is 3.18. The fourth-order valence-corrected chi connectivity index (χ4v) is 2.54. The van der Waals surface area contributed by atoms with Gasteiger partial charge in [-0.1, -0.05) is 6.07 Å². The lowest BCUT2D eigenvalue weighted by Crippen LogP contribution is -2.17. The minimum absolute atomic E-state index is 0.204. The zero-order chi connectivity index (χ0) is 17.5. The molecule has 0 bridgehead atoms. The third-order valence-corrected chi connectivity index (χ3v) is 3.91. The molecule has 2 aromatic rings. The molecule has 0 atom stereocenters. The van der Waals surface area contributed by atoms with Gasteiger partial charge in [-0.2, -0.15) is 23.0 Å². The molecule has 0 spiro atoms. The van der Waals surface area contributed by atoms with E-state index in [0.29, 0.717) is 12.3 Å². The number of nitrogens with zero attached hydrogens (tertiary/aromatic N) is 2. The lowest BCUT2D eigenvalue weighted by atomic mass is 10.2. The van der Waals surface area contributed by atoms with E-state index >= 15 is 0 Å². The zero-order valence-electron chi connectivity index (χ0n) is 10.9. The Morgan fingerprint density at radius 1 is 1.09 bits per heavy atom. The Hall–Kier alpha value is -2.24. The molecular weight excluding hydrogens is 352 g/mol. The number of halogens is 6. The van der Waals surface area contributed by atoms with E-state index in [-0.39, 0.29) is 6.20 Å². The average molecular weight is 359 g/mol. The first-order chi connectivity index (χ1) is 10.4. The molecule has 0 radical (unpaired) electrons. The van der Waals surface area contributed by atoms with Gasteiger partial charge in [-0.05, 0) is 18.2 Å². The second kappa shape index (κ2) is 5.44. The summed E-state index contributed by atoms with van der Waals surface area (Å²) in [5.74, 6) is 0. The van der Waals surface area contributed by atoms with E-state index in [0.717, 1.165) is 18.2 Å². The van der Waals surface area contributed by atoms with Gasteiger partial charge in [-0.25, -0.2) is 8.42 Å². The summed E-state index contributed by atoms with van der Waals surface area (Å²) in [5.41, 5.74) is -1.55. The molecule has 0 saturated heterocycles. The van der Waals surface area contributed by atoms with Gasteiger partial charge in [0, 0.05) is 5.69 Å². The van der Waals surface area contributed by atoms with Crippen LogP contribution in [0.5, 0.6) is 0 Å². The molecule has 1 aromatic heterocycles. The number of benzene rings is 1. The monoisotopic (exact) mass is 359 g/mol. The molecule has 5 nitrogen and oxygen atoms in total. The number of hydrogen-bond donors (Lipinski definition) is 1. The minimum Gasteiger partial charge on any atom is -0.280 e. The highest BCUT2D eigenvalue weighted by molar-refractivity contribution is 7.92. The Kier molecular flexibility index (Phi) is 4.05. The smallest absolute Gasteiger partial charge is 0.280 e. The SMILES string of the molecule is O=S(=O)(Nc1cccc(C(F)(F)F)c1)c1cnn(C(F)(F)F)c1. The summed E-state index contributed by atoms with van der Waals surface area (Å²) in [6.45, 7) is 0. The van der Waals surface area contributed by atoms with E-state index in [4.69, 9.17) is 0 Å². The molecule has 0 fully saturated rings. The predicted molar refractivity (Wildman–Crippen MR) is 65.8 cm³/mol. The number of alkyl halides is 6. The van der Waals surface area contributed by atoms with Crippen LogP contribution in [0.4, 0.5) is 32.0 Å². The molecule has 1 N–H and O–H groups in total. The fourth-order valence-electron chi connectivity index (χ4n) is 1.56. The van der Waals surface area contributed by atoms with Crippen LogP contribution < -0.4 is 4.72 Å². The molecular formula is C11H7F6N3O2S. The number of rotatable bonds is 3. The van der Waals surface area contributed by atoms with Crippen LogP contribution in [0, 0.1) is 0 Å². The lowest BCUT2D eigenvalue weighted by Gasteiger charge is -2.10. The van der Waals surface area contributed by atoms with E-state index < -0.39 is 43.3 Å². The van der Waals surface area contributed by atoms with Gasteiger partial charge in [0.15, 0.2) is 0 Å². The average Bonchev–Trinajstić information content (AvgIpc) is 2.87. The van der Waals surface area contributed by atoms with E-state index in [1.807, 2.05) is 0 Å². The Morgan fingerprint density at radius 2 is 1.74 bits per heavy atom. The van der Waals surface area contributed by atoms with Crippen LogP contribution in [-0.2, 0) is 22.5 Å². The highest BCUT2D eigenvalue weighted by atomic mass is 32.2. The Labute approximate surface area is 125 Å². The second-order valence-electron chi connectivity index (χ2n) is 4.27. The van der Waals surface area contributed by atoms with Gasteiger partial charge in [-0.15, -0.1) is 13.2 Å². The van der Waals surface area contributed by atoms with Gasteiger partial charge in [0.2, 0.25) is 0 Å². The Morgan fingerprint density at radius 3 is 2.26 bits per heavy atom. The summed E-state index contributed by atoms with van der Waals surface area (Å²) in [5, 5.41) is 2.84. The van der Waals surface area contributed by atoms with E-state index in [1.165, 1.54) is 0 Å². The molecule has 1 aromatic carbocycles. The van der Waals surface area contributed by atoms with Gasteiger partial charge in [0.25, 0.3) is 10.0 Å². The molecule has 2 rings (SSSR count). The molecule has 0 aliphatic rings. The van der Waals surface area contributed by atoms with Crippen molar-refractivity contribution < 1.29 is 34.8 Å². The maximum atomic E-state index is 12.5. The summed E-state index contributed by atoms with van der Waals surface area (Å²) in [6, 6.07) is 3.23. The maximum absolute atomic E-state index is 12.5. The van der Waals surface area contributed by atoms with Crippen LogP contribution >= 0.6 is 0 Å². The van der Waals surface area contributed by atoms with Gasteiger partial charge in [0.05, 0.1) is 18.0 Å². The largest absolute Gasteiger partial charge is 0.504 e. The standard InChI is InChI=1S/C11H7F6N3O2S/c12-10(13,14)7-2-1-3-8(4-7)19-23(21,22)9-5-18-20(6-9)11(15,16)17/h1-6,19H. The zero-order valence-corrected chi connectivity index (χ0v) is 11.7. The number of hydrogen-bond acceptors (Lipinski definition) is 3. The first kappa shape index (κ1) is 17.1. The van der Waals surface area contributed by atoms with E-state index in [2.05, 4.69) is 5.10 Å². The summed E-state index contributed by atoms with van der Waals surface area (Å²) in [7, 11) is -4.52. The molecule has 12 heteroatoms. The van der Waals surface area contributed by atoms with Crippen molar-refractivity contribution >= 4 is 15.7 Å². The van der Waals surface area contributed by atoms with Crippen LogP contribution in [0.15, 0.2) is 41.6 Å². The van der Waals surface area contributed by atoms with Gasteiger partial charge in [0.1, 0.15) is 4.90 Å². The molecule has 23 heavy (non-hydrogen) atoms. The fraction of sp³-hybridized carbons (Fsp3) is 0.182. The van der Waals surface area contributed by atoms with Crippen molar-refractivity contribution in [2.45, 2.75) is 17.4 Å². The lowest BCUT2D eigenvalue weighted by molar-refractivity contribution is -0.212. The van der Waals surface area contributed by atoms with Crippen LogP contribution in [0.2, 0.25) is 0 Å². The number of nitrogens with one attached hydrogen (secondary N) is 1. The Balaban J connectivity index is 2.30. The maximum Gasteiger partial charge on any atom is 0.504 e. The molecule has 0 aliphatic carbocycles. The molecule has 0 aliphatic heterocycles.